The Morgan fingerprint density at radius 2 is 2.08 bits per heavy atom. The van der Waals surface area contributed by atoms with Gasteiger partial charge >= 0.3 is 0 Å². The van der Waals surface area contributed by atoms with Crippen LogP contribution in [-0.4, -0.2) is 59.4 Å². The lowest BCUT2D eigenvalue weighted by molar-refractivity contribution is 0.0398. The minimum absolute atomic E-state index is 0.138. The molecule has 0 bridgehead atoms. The average Bonchev–Trinajstić information content (AvgIpc) is 3.68. The van der Waals surface area contributed by atoms with Gasteiger partial charge in [0.05, 0.1) is 29.6 Å². The lowest BCUT2D eigenvalue weighted by atomic mass is 9.88. The van der Waals surface area contributed by atoms with E-state index >= 15 is 4.39 Å². The summed E-state index contributed by atoms with van der Waals surface area (Å²) in [5.41, 5.74) is 1.76. The van der Waals surface area contributed by atoms with Crippen LogP contribution in [0.3, 0.4) is 0 Å². The number of carbonyl (C=O) groups excluding carboxylic acids is 1. The van der Waals surface area contributed by atoms with E-state index in [1.807, 2.05) is 10.6 Å². The number of aromatic nitrogens is 7. The van der Waals surface area contributed by atoms with Crippen LogP contribution in [0.1, 0.15) is 35.1 Å². The largest absolute Gasteiger partial charge is 0.381 e. The van der Waals surface area contributed by atoms with Gasteiger partial charge in [-0.2, -0.15) is 5.10 Å². The number of thiazole rings is 1. The fraction of sp³-hybridized carbons (Fsp3) is 0.280. The SMILES string of the molecule is CO[C@H]1C[C@H](NC(=O)c2ncc(Cl)s2)C[C@H](n2c(-c3ccccc3F)nc3cnc(-n4cncn4)cc32)C1. The molecule has 0 aliphatic heterocycles. The number of carbonyl (C=O) groups is 1. The number of rotatable bonds is 6. The summed E-state index contributed by atoms with van der Waals surface area (Å²) in [5, 5.41) is 7.57. The van der Waals surface area contributed by atoms with E-state index in [-0.39, 0.29) is 29.9 Å². The summed E-state index contributed by atoms with van der Waals surface area (Å²) in [5.74, 6) is 0.373. The summed E-state index contributed by atoms with van der Waals surface area (Å²) < 4.78 is 24.9. The number of amides is 1. The summed E-state index contributed by atoms with van der Waals surface area (Å²) >= 11 is 7.10. The second-order valence-electron chi connectivity index (χ2n) is 9.02. The number of imidazole rings is 1. The smallest absolute Gasteiger partial charge is 0.280 e. The van der Waals surface area contributed by atoms with Gasteiger partial charge < -0.3 is 14.6 Å². The third-order valence-corrected chi connectivity index (χ3v) is 7.79. The van der Waals surface area contributed by atoms with Crippen LogP contribution in [-0.2, 0) is 4.74 Å². The van der Waals surface area contributed by atoms with E-state index in [0.29, 0.717) is 51.3 Å². The van der Waals surface area contributed by atoms with Crippen molar-refractivity contribution in [2.24, 2.45) is 0 Å². The molecular weight excluding hydrogens is 531 g/mol. The van der Waals surface area contributed by atoms with E-state index in [1.165, 1.54) is 18.6 Å². The number of methoxy groups -OCH3 is 1. The second kappa shape index (κ2) is 10.2. The quantitative estimate of drug-likeness (QED) is 0.331. The summed E-state index contributed by atoms with van der Waals surface area (Å²) in [4.78, 5) is 30.3. The first-order chi connectivity index (χ1) is 18.5. The molecular formula is C25H22ClFN8O2S. The number of ether oxygens (including phenoxy) is 1. The monoisotopic (exact) mass is 552 g/mol. The Bertz CT molecular complexity index is 1600. The fourth-order valence-electron chi connectivity index (χ4n) is 5.01. The van der Waals surface area contributed by atoms with Gasteiger partial charge in [0.2, 0.25) is 0 Å². The van der Waals surface area contributed by atoms with Gasteiger partial charge in [-0.05, 0) is 31.4 Å². The Kier molecular flexibility index (Phi) is 6.60. The maximum absolute atomic E-state index is 15.0. The van der Waals surface area contributed by atoms with Gasteiger partial charge in [-0.25, -0.2) is 29.0 Å². The molecule has 1 N–H and O–H groups in total. The summed E-state index contributed by atoms with van der Waals surface area (Å²) in [6.07, 6.45) is 7.83. The summed E-state index contributed by atoms with van der Waals surface area (Å²) in [7, 11) is 1.66. The number of nitrogens with one attached hydrogen (secondary N) is 1. The highest BCUT2D eigenvalue weighted by Gasteiger charge is 2.34. The van der Waals surface area contributed by atoms with Crippen molar-refractivity contribution < 1.29 is 13.9 Å². The zero-order valence-corrected chi connectivity index (χ0v) is 21.7. The Morgan fingerprint density at radius 3 is 2.82 bits per heavy atom. The van der Waals surface area contributed by atoms with Crippen LogP contribution in [0.5, 0.6) is 0 Å². The van der Waals surface area contributed by atoms with Gasteiger partial charge in [0, 0.05) is 25.3 Å². The number of pyridine rings is 1. The highest BCUT2D eigenvalue weighted by molar-refractivity contribution is 7.17. The lowest BCUT2D eigenvalue weighted by Crippen LogP contribution is -2.43. The predicted molar refractivity (Wildman–Crippen MR) is 140 cm³/mol. The molecule has 38 heavy (non-hydrogen) atoms. The van der Waals surface area contributed by atoms with Crippen LogP contribution in [0.25, 0.3) is 28.2 Å². The van der Waals surface area contributed by atoms with E-state index in [1.54, 1.807) is 42.5 Å². The third-order valence-electron chi connectivity index (χ3n) is 6.67. The maximum Gasteiger partial charge on any atom is 0.280 e. The van der Waals surface area contributed by atoms with Crippen molar-refractivity contribution in [3.05, 3.63) is 70.5 Å². The van der Waals surface area contributed by atoms with Crippen molar-refractivity contribution in [1.29, 1.82) is 0 Å². The third kappa shape index (κ3) is 4.66. The van der Waals surface area contributed by atoms with E-state index in [0.717, 1.165) is 16.9 Å². The van der Waals surface area contributed by atoms with Crippen LogP contribution >= 0.6 is 22.9 Å². The van der Waals surface area contributed by atoms with Crippen molar-refractivity contribution in [1.82, 2.24) is 39.6 Å². The van der Waals surface area contributed by atoms with Crippen LogP contribution < -0.4 is 5.32 Å². The molecule has 1 saturated carbocycles. The van der Waals surface area contributed by atoms with Crippen LogP contribution in [0, 0.1) is 5.82 Å². The first-order valence-electron chi connectivity index (χ1n) is 11.9. The molecule has 1 fully saturated rings. The van der Waals surface area contributed by atoms with Gasteiger partial charge in [-0.15, -0.1) is 0 Å². The molecule has 0 radical (unpaired) electrons. The van der Waals surface area contributed by atoms with E-state index in [4.69, 9.17) is 21.3 Å². The molecule has 0 unspecified atom stereocenters. The molecule has 5 aromatic rings. The normalized spacial score (nSPS) is 19.6. The predicted octanol–water partition coefficient (Wildman–Crippen LogP) is 4.47. The van der Waals surface area contributed by atoms with Crippen LogP contribution in [0.4, 0.5) is 4.39 Å². The van der Waals surface area contributed by atoms with Gasteiger partial charge in [0.1, 0.15) is 34.1 Å². The molecule has 10 nitrogen and oxygen atoms in total. The fourth-order valence-corrected chi connectivity index (χ4v) is 5.82. The van der Waals surface area contributed by atoms with Crippen LogP contribution in [0.15, 0.2) is 55.4 Å². The van der Waals surface area contributed by atoms with E-state index < -0.39 is 0 Å². The highest BCUT2D eigenvalue weighted by Crippen LogP contribution is 2.38. The van der Waals surface area contributed by atoms with Crippen LogP contribution in [0.2, 0.25) is 4.34 Å². The molecule has 194 valence electrons. The lowest BCUT2D eigenvalue weighted by Gasteiger charge is -2.36. The maximum atomic E-state index is 15.0. The molecule has 13 heteroatoms. The Hall–Kier alpha value is -3.74. The first-order valence-corrected chi connectivity index (χ1v) is 13.1. The molecule has 4 aromatic heterocycles. The molecule has 1 aliphatic carbocycles. The standard InChI is InChI=1S/C25H22ClFN8O2S/c1-37-16-7-14(32-24(36)25-30-11-21(26)38-25)6-15(8-16)35-20-9-22(34-13-28-12-31-34)29-10-19(20)33-23(35)17-4-2-3-5-18(17)27/h2-5,9-16H,6-8H2,1H3,(H,32,36)/t14-,15+,16+/m1/s1. The van der Waals surface area contributed by atoms with Gasteiger partial charge in [-0.1, -0.05) is 35.1 Å². The van der Waals surface area contributed by atoms with E-state index in [2.05, 4.69) is 25.4 Å². The second-order valence-corrected chi connectivity index (χ2v) is 10.7. The zero-order chi connectivity index (χ0) is 26.2. The van der Waals surface area contributed by atoms with Crippen molar-refractivity contribution in [3.8, 4) is 17.2 Å². The number of fused-ring (bicyclic) bond motifs is 1. The van der Waals surface area contributed by atoms with Crippen molar-refractivity contribution in [3.63, 3.8) is 0 Å². The van der Waals surface area contributed by atoms with Crippen molar-refractivity contribution in [2.75, 3.05) is 7.11 Å². The Balaban J connectivity index is 1.43. The molecule has 1 amide bonds. The minimum atomic E-state index is -0.377. The van der Waals surface area contributed by atoms with Gasteiger partial charge in [-0.3, -0.25) is 4.79 Å². The van der Waals surface area contributed by atoms with Gasteiger partial charge in [0.25, 0.3) is 5.91 Å². The average molecular weight is 553 g/mol. The first kappa shape index (κ1) is 24.6. The Morgan fingerprint density at radius 1 is 1.21 bits per heavy atom. The van der Waals surface area contributed by atoms with Gasteiger partial charge in [0.15, 0.2) is 10.8 Å². The number of halogens is 2. The number of hydrogen-bond donors (Lipinski definition) is 1. The van der Waals surface area contributed by atoms with Crippen molar-refractivity contribution in [2.45, 2.75) is 37.5 Å². The molecule has 3 atom stereocenters. The molecule has 4 heterocycles. The van der Waals surface area contributed by atoms with E-state index in [9.17, 15) is 4.79 Å². The minimum Gasteiger partial charge on any atom is -0.381 e. The Labute approximate surface area is 225 Å². The molecule has 6 rings (SSSR count). The zero-order valence-electron chi connectivity index (χ0n) is 20.2. The molecule has 1 aromatic carbocycles. The summed E-state index contributed by atoms with van der Waals surface area (Å²) in [6.45, 7) is 0. The van der Waals surface area contributed by atoms with Crippen molar-refractivity contribution >= 4 is 39.9 Å². The molecule has 0 spiro atoms. The molecule has 1 aliphatic rings. The molecule has 0 saturated heterocycles. The highest BCUT2D eigenvalue weighted by atomic mass is 35.5. The topological polar surface area (TPSA) is 113 Å². The number of hydrogen-bond acceptors (Lipinski definition) is 8. The number of benzene rings is 1. The summed E-state index contributed by atoms with van der Waals surface area (Å²) in [6, 6.07) is 8.04. The number of nitrogens with zero attached hydrogens (tertiary/aromatic N) is 7.